The Labute approximate surface area is 164 Å². The van der Waals surface area contributed by atoms with Gasteiger partial charge in [-0.3, -0.25) is 14.5 Å². The molecule has 4 rings (SSSR count). The fourth-order valence-corrected chi connectivity index (χ4v) is 4.46. The van der Waals surface area contributed by atoms with Gasteiger partial charge in [-0.15, -0.1) is 0 Å². The second kappa shape index (κ2) is 6.30. The third-order valence-corrected chi connectivity index (χ3v) is 6.51. The second-order valence-corrected chi connectivity index (χ2v) is 7.92. The molecule has 5 nitrogen and oxygen atoms in total. The summed E-state index contributed by atoms with van der Waals surface area (Å²) in [6.45, 7) is 7.67. The zero-order chi connectivity index (χ0) is 20.2. The maximum absolute atomic E-state index is 13.2. The zero-order valence-electron chi connectivity index (χ0n) is 16.7. The van der Waals surface area contributed by atoms with Gasteiger partial charge >= 0.3 is 6.03 Å². The molecular formula is C23H24N2O3. The number of fused-ring (bicyclic) bond motifs is 2. The molecule has 0 saturated carbocycles. The number of Topliss-reactive ketones (excluding diaryl/α,β-unsaturated/α-hetero) is 1. The van der Waals surface area contributed by atoms with E-state index < -0.39 is 11.6 Å². The van der Waals surface area contributed by atoms with Crippen LogP contribution in [0.1, 0.15) is 50.2 Å². The summed E-state index contributed by atoms with van der Waals surface area (Å²) < 4.78 is 0. The van der Waals surface area contributed by atoms with E-state index in [1.165, 1.54) is 0 Å². The molecule has 1 N–H and O–H groups in total. The van der Waals surface area contributed by atoms with Crippen LogP contribution in [0.3, 0.4) is 0 Å². The number of carbonyl (C=O) groups excluding carboxylic acids is 3. The minimum absolute atomic E-state index is 0.212. The predicted molar refractivity (Wildman–Crippen MR) is 106 cm³/mol. The number of nitrogens with one attached hydrogen (secondary N) is 1. The van der Waals surface area contributed by atoms with Crippen LogP contribution in [0.5, 0.6) is 0 Å². The number of hydrogen-bond donors (Lipinski definition) is 1. The Bertz CT molecular complexity index is 1040. The Morgan fingerprint density at radius 3 is 2.54 bits per heavy atom. The monoisotopic (exact) mass is 376 g/mol. The number of aryl methyl sites for hydroxylation is 2. The Balaban J connectivity index is 1.65. The van der Waals surface area contributed by atoms with E-state index in [1.807, 2.05) is 58.0 Å². The summed E-state index contributed by atoms with van der Waals surface area (Å²) in [5.74, 6) is -0.537. The lowest BCUT2D eigenvalue weighted by molar-refractivity contribution is -0.131. The molecule has 1 unspecified atom stereocenters. The van der Waals surface area contributed by atoms with Gasteiger partial charge in [0, 0.05) is 5.56 Å². The van der Waals surface area contributed by atoms with Crippen LogP contribution in [0.15, 0.2) is 30.3 Å². The van der Waals surface area contributed by atoms with E-state index in [2.05, 4.69) is 5.32 Å². The number of rotatable bonds is 3. The molecule has 1 saturated heterocycles. The van der Waals surface area contributed by atoms with Crippen molar-refractivity contribution in [3.8, 4) is 0 Å². The van der Waals surface area contributed by atoms with Gasteiger partial charge in [0.05, 0.1) is 6.54 Å². The first-order valence-corrected chi connectivity index (χ1v) is 9.59. The standard InChI is InChI=1S/C23H24N2O3/c1-13-11-18(16(4)15(3)14(13)2)20(26)12-25-21(27)23(24-22(25)28)10-9-17-7-5-6-8-19(17)23/h5-8,11H,9-10,12H2,1-4H3,(H,24,28). The highest BCUT2D eigenvalue weighted by molar-refractivity contribution is 6.12. The Kier molecular flexibility index (Phi) is 4.14. The average molecular weight is 376 g/mol. The molecule has 1 aliphatic heterocycles. The highest BCUT2D eigenvalue weighted by Gasteiger charge is 2.55. The lowest BCUT2D eigenvalue weighted by Crippen LogP contribution is -2.42. The topological polar surface area (TPSA) is 66.5 Å². The smallest absolute Gasteiger partial charge is 0.319 e. The number of nitrogens with zero attached hydrogens (tertiary/aromatic N) is 1. The Morgan fingerprint density at radius 2 is 1.79 bits per heavy atom. The van der Waals surface area contributed by atoms with Crippen LogP contribution in [0, 0.1) is 27.7 Å². The minimum atomic E-state index is -1.03. The van der Waals surface area contributed by atoms with Gasteiger partial charge in [-0.05, 0) is 80.0 Å². The van der Waals surface area contributed by atoms with Gasteiger partial charge in [0.2, 0.25) is 0 Å². The van der Waals surface area contributed by atoms with Crippen molar-refractivity contribution in [3.05, 3.63) is 69.3 Å². The van der Waals surface area contributed by atoms with Crippen molar-refractivity contribution in [3.63, 3.8) is 0 Å². The van der Waals surface area contributed by atoms with Gasteiger partial charge in [0.1, 0.15) is 5.54 Å². The lowest BCUT2D eigenvalue weighted by Gasteiger charge is -2.22. The number of benzene rings is 2. The molecule has 1 atom stereocenters. The molecule has 5 heteroatoms. The van der Waals surface area contributed by atoms with Crippen LogP contribution in [0.4, 0.5) is 4.79 Å². The van der Waals surface area contributed by atoms with Gasteiger partial charge in [-0.1, -0.05) is 24.3 Å². The van der Waals surface area contributed by atoms with Crippen LogP contribution >= 0.6 is 0 Å². The van der Waals surface area contributed by atoms with Gasteiger partial charge < -0.3 is 5.32 Å². The van der Waals surface area contributed by atoms with Crippen molar-refractivity contribution in [2.45, 2.75) is 46.1 Å². The van der Waals surface area contributed by atoms with E-state index in [4.69, 9.17) is 0 Å². The van der Waals surface area contributed by atoms with E-state index in [1.54, 1.807) is 0 Å². The fraction of sp³-hybridized carbons (Fsp3) is 0.348. The van der Waals surface area contributed by atoms with E-state index in [0.717, 1.165) is 44.7 Å². The number of urea groups is 1. The summed E-state index contributed by atoms with van der Waals surface area (Å²) in [7, 11) is 0. The van der Waals surface area contributed by atoms with Crippen LogP contribution in [-0.2, 0) is 16.8 Å². The molecule has 1 spiro atoms. The molecule has 2 aliphatic rings. The first-order chi connectivity index (χ1) is 13.3. The van der Waals surface area contributed by atoms with Crippen molar-refractivity contribution in [1.29, 1.82) is 0 Å². The first kappa shape index (κ1) is 18.4. The molecule has 28 heavy (non-hydrogen) atoms. The van der Waals surface area contributed by atoms with E-state index in [-0.39, 0.29) is 18.2 Å². The molecule has 1 fully saturated rings. The maximum atomic E-state index is 13.2. The van der Waals surface area contributed by atoms with E-state index >= 15 is 0 Å². The molecule has 1 heterocycles. The third-order valence-electron chi connectivity index (χ3n) is 6.51. The second-order valence-electron chi connectivity index (χ2n) is 7.92. The molecule has 3 amide bonds. The average Bonchev–Trinajstić information content (AvgIpc) is 3.16. The maximum Gasteiger partial charge on any atom is 0.325 e. The summed E-state index contributed by atoms with van der Waals surface area (Å²) in [6, 6.07) is 9.06. The van der Waals surface area contributed by atoms with Gasteiger partial charge in [-0.2, -0.15) is 0 Å². The zero-order valence-corrected chi connectivity index (χ0v) is 16.7. The van der Waals surface area contributed by atoms with Crippen LogP contribution < -0.4 is 5.32 Å². The molecule has 2 aromatic rings. The highest BCUT2D eigenvalue weighted by Crippen LogP contribution is 2.41. The van der Waals surface area contributed by atoms with Crippen LogP contribution in [-0.4, -0.2) is 29.2 Å². The quantitative estimate of drug-likeness (QED) is 0.659. The van der Waals surface area contributed by atoms with Crippen molar-refractivity contribution < 1.29 is 14.4 Å². The van der Waals surface area contributed by atoms with E-state index in [9.17, 15) is 14.4 Å². The van der Waals surface area contributed by atoms with Crippen molar-refractivity contribution >= 4 is 17.7 Å². The summed E-state index contributed by atoms with van der Waals surface area (Å²) in [5, 5.41) is 2.87. The Hall–Kier alpha value is -2.95. The van der Waals surface area contributed by atoms with Crippen molar-refractivity contribution in [2.24, 2.45) is 0 Å². The predicted octanol–water partition coefficient (Wildman–Crippen LogP) is 3.50. The molecular weight excluding hydrogens is 352 g/mol. The van der Waals surface area contributed by atoms with Crippen LogP contribution in [0.25, 0.3) is 0 Å². The molecule has 144 valence electrons. The van der Waals surface area contributed by atoms with E-state index in [0.29, 0.717) is 12.0 Å². The number of amides is 3. The summed E-state index contributed by atoms with van der Waals surface area (Å²) in [6.07, 6.45) is 1.27. The largest absolute Gasteiger partial charge is 0.325 e. The third kappa shape index (κ3) is 2.49. The summed E-state index contributed by atoms with van der Waals surface area (Å²) >= 11 is 0. The van der Waals surface area contributed by atoms with Gasteiger partial charge in [0.25, 0.3) is 5.91 Å². The summed E-state index contributed by atoms with van der Waals surface area (Å²) in [4.78, 5) is 40.0. The lowest BCUT2D eigenvalue weighted by atomic mass is 9.91. The normalized spacial score (nSPS) is 20.6. The van der Waals surface area contributed by atoms with Crippen LogP contribution in [0.2, 0.25) is 0 Å². The van der Waals surface area contributed by atoms with Gasteiger partial charge in [-0.25, -0.2) is 4.79 Å². The molecule has 2 aromatic carbocycles. The number of ketones is 1. The number of imide groups is 1. The molecule has 1 aliphatic carbocycles. The van der Waals surface area contributed by atoms with Gasteiger partial charge in [0.15, 0.2) is 5.78 Å². The summed E-state index contributed by atoms with van der Waals surface area (Å²) in [5.41, 5.74) is 5.64. The minimum Gasteiger partial charge on any atom is -0.319 e. The first-order valence-electron chi connectivity index (χ1n) is 9.59. The molecule has 0 aromatic heterocycles. The highest BCUT2D eigenvalue weighted by atomic mass is 16.2. The molecule has 0 bridgehead atoms. The fourth-order valence-electron chi connectivity index (χ4n) is 4.46. The molecule has 0 radical (unpaired) electrons. The number of hydrogen-bond acceptors (Lipinski definition) is 3. The van der Waals surface area contributed by atoms with Crippen molar-refractivity contribution in [2.75, 3.05) is 6.54 Å². The Morgan fingerprint density at radius 1 is 1.07 bits per heavy atom. The number of carbonyl (C=O) groups is 3. The SMILES string of the molecule is Cc1cc(C(=O)CN2C(=O)NC3(CCc4ccccc43)C2=O)c(C)c(C)c1C. The van der Waals surface area contributed by atoms with Crippen molar-refractivity contribution in [1.82, 2.24) is 10.2 Å².